The number of hydrogen-bond donors (Lipinski definition) is 0. The van der Waals surface area contributed by atoms with Crippen molar-refractivity contribution in [1.82, 2.24) is 4.57 Å². The van der Waals surface area contributed by atoms with Gasteiger partial charge in [-0.1, -0.05) is 146 Å². The molecule has 0 aliphatic carbocycles. The number of rotatable bonds is 7. The van der Waals surface area contributed by atoms with E-state index in [0.29, 0.717) is 0 Å². The number of hydrogen-bond acceptors (Lipinski definition) is 1. The van der Waals surface area contributed by atoms with Gasteiger partial charge in [0.2, 0.25) is 0 Å². The maximum Gasteiger partial charge on any atom is 0.0562 e. The summed E-state index contributed by atoms with van der Waals surface area (Å²) < 4.78 is 2.38. The van der Waals surface area contributed by atoms with Crippen LogP contribution in [0.25, 0.3) is 60.9 Å². The van der Waals surface area contributed by atoms with Gasteiger partial charge < -0.3 is 9.47 Å². The number of anilines is 3. The van der Waals surface area contributed by atoms with Crippen LogP contribution >= 0.6 is 0 Å². The molecule has 9 rings (SSSR count). The first-order valence-corrected chi connectivity index (χ1v) is 17.1. The number of para-hydroxylation sites is 2. The molecule has 0 amide bonds. The fraction of sp³-hybridized carbons (Fsp3) is 0. The highest BCUT2D eigenvalue weighted by Crippen LogP contribution is 2.44. The molecule has 9 aromatic rings. The fourth-order valence-electron chi connectivity index (χ4n) is 7.21. The highest BCUT2D eigenvalue weighted by atomic mass is 15.1. The Labute approximate surface area is 292 Å². The number of nitrogens with zero attached hydrogens (tertiary/aromatic N) is 2. The number of aromatic nitrogens is 1. The minimum absolute atomic E-state index is 1.10. The smallest absolute Gasteiger partial charge is 0.0562 e. The van der Waals surface area contributed by atoms with E-state index in [-0.39, 0.29) is 0 Å². The average Bonchev–Trinajstić information content (AvgIpc) is 3.55. The molecule has 0 bridgehead atoms. The molecule has 0 N–H and O–H groups in total. The van der Waals surface area contributed by atoms with Gasteiger partial charge in [0.05, 0.1) is 16.7 Å². The summed E-state index contributed by atoms with van der Waals surface area (Å²) >= 11 is 0. The Morgan fingerprint density at radius 3 is 1.38 bits per heavy atom. The molecule has 50 heavy (non-hydrogen) atoms. The molecule has 0 unspecified atom stereocenters. The molecule has 0 aliphatic heterocycles. The summed E-state index contributed by atoms with van der Waals surface area (Å²) in [7, 11) is 0. The maximum atomic E-state index is 2.41. The van der Waals surface area contributed by atoms with Crippen LogP contribution < -0.4 is 4.90 Å². The van der Waals surface area contributed by atoms with Crippen molar-refractivity contribution >= 4 is 38.9 Å². The molecule has 0 fully saturated rings. The third-order valence-corrected chi connectivity index (χ3v) is 9.59. The van der Waals surface area contributed by atoms with Gasteiger partial charge in [0.25, 0.3) is 0 Å². The fourth-order valence-corrected chi connectivity index (χ4v) is 7.21. The van der Waals surface area contributed by atoms with Gasteiger partial charge >= 0.3 is 0 Å². The van der Waals surface area contributed by atoms with E-state index in [1.807, 2.05) is 0 Å². The van der Waals surface area contributed by atoms with Crippen molar-refractivity contribution in [3.8, 4) is 39.1 Å². The molecule has 0 spiro atoms. The molecule has 0 atom stereocenters. The second-order valence-electron chi connectivity index (χ2n) is 12.6. The molecular formula is C48H34N2. The van der Waals surface area contributed by atoms with Gasteiger partial charge in [-0.2, -0.15) is 0 Å². The maximum absolute atomic E-state index is 2.41. The van der Waals surface area contributed by atoms with E-state index in [1.54, 1.807) is 0 Å². The summed E-state index contributed by atoms with van der Waals surface area (Å²) in [4.78, 5) is 2.41. The van der Waals surface area contributed by atoms with Crippen LogP contribution in [-0.4, -0.2) is 4.57 Å². The number of benzene rings is 8. The lowest BCUT2D eigenvalue weighted by molar-refractivity contribution is 1.18. The summed E-state index contributed by atoms with van der Waals surface area (Å²) in [6.45, 7) is 0. The lowest BCUT2D eigenvalue weighted by atomic mass is 9.98. The van der Waals surface area contributed by atoms with Gasteiger partial charge in [-0.15, -0.1) is 0 Å². The molecule has 2 nitrogen and oxygen atoms in total. The minimum atomic E-state index is 1.10. The van der Waals surface area contributed by atoms with Gasteiger partial charge in [-0.25, -0.2) is 0 Å². The van der Waals surface area contributed by atoms with Gasteiger partial charge in [0.15, 0.2) is 0 Å². The Morgan fingerprint density at radius 1 is 0.320 bits per heavy atom. The summed E-state index contributed by atoms with van der Waals surface area (Å²) in [5, 5.41) is 2.45. The zero-order valence-corrected chi connectivity index (χ0v) is 27.5. The van der Waals surface area contributed by atoms with Crippen molar-refractivity contribution in [3.63, 3.8) is 0 Å². The highest BCUT2D eigenvalue weighted by Gasteiger charge is 2.21. The topological polar surface area (TPSA) is 8.17 Å². The first kappa shape index (κ1) is 29.5. The quantitative estimate of drug-likeness (QED) is 0.169. The van der Waals surface area contributed by atoms with Crippen LogP contribution in [0.15, 0.2) is 206 Å². The molecule has 0 saturated carbocycles. The summed E-state index contributed by atoms with van der Waals surface area (Å²) in [5.41, 5.74) is 14.1. The Kier molecular flexibility index (Phi) is 7.53. The summed E-state index contributed by atoms with van der Waals surface area (Å²) in [5.74, 6) is 0. The Morgan fingerprint density at radius 2 is 0.760 bits per heavy atom. The average molecular weight is 639 g/mol. The van der Waals surface area contributed by atoms with Crippen LogP contribution in [0.5, 0.6) is 0 Å². The molecule has 8 aromatic carbocycles. The molecule has 0 saturated heterocycles. The summed E-state index contributed by atoms with van der Waals surface area (Å²) in [6.07, 6.45) is 0. The van der Waals surface area contributed by atoms with Gasteiger partial charge in [0, 0.05) is 27.8 Å². The predicted octanol–water partition coefficient (Wildman–Crippen LogP) is 13.3. The Hall–Kier alpha value is -6.64. The van der Waals surface area contributed by atoms with E-state index in [1.165, 1.54) is 55.2 Å². The molecule has 236 valence electrons. The van der Waals surface area contributed by atoms with Crippen molar-refractivity contribution in [2.75, 3.05) is 4.90 Å². The van der Waals surface area contributed by atoms with E-state index >= 15 is 0 Å². The first-order valence-electron chi connectivity index (χ1n) is 17.1. The third kappa shape index (κ3) is 5.34. The van der Waals surface area contributed by atoms with E-state index in [9.17, 15) is 0 Å². The largest absolute Gasteiger partial charge is 0.310 e. The van der Waals surface area contributed by atoms with Crippen molar-refractivity contribution in [2.24, 2.45) is 0 Å². The van der Waals surface area contributed by atoms with E-state index < -0.39 is 0 Å². The first-order chi connectivity index (χ1) is 24.8. The van der Waals surface area contributed by atoms with Crippen LogP contribution in [0.2, 0.25) is 0 Å². The minimum Gasteiger partial charge on any atom is -0.310 e. The zero-order valence-electron chi connectivity index (χ0n) is 27.5. The molecule has 0 aliphatic rings. The molecule has 1 aromatic heterocycles. The van der Waals surface area contributed by atoms with Crippen LogP contribution in [0.1, 0.15) is 0 Å². The highest BCUT2D eigenvalue weighted by molar-refractivity contribution is 6.16. The SMILES string of the molecule is c1ccc(-c2ccc(N(c3ccc(-c4cccc(-c5ccccc5)c4)cc3)c3cccc4c3c3ccccc3n4-c3ccccc3)cc2)cc1. The van der Waals surface area contributed by atoms with Crippen molar-refractivity contribution in [3.05, 3.63) is 206 Å². The van der Waals surface area contributed by atoms with Crippen molar-refractivity contribution in [2.45, 2.75) is 0 Å². The van der Waals surface area contributed by atoms with Gasteiger partial charge in [0.1, 0.15) is 0 Å². The second-order valence-corrected chi connectivity index (χ2v) is 12.6. The molecule has 1 heterocycles. The molecule has 2 heteroatoms. The van der Waals surface area contributed by atoms with Gasteiger partial charge in [-0.05, 0) is 94.0 Å². The van der Waals surface area contributed by atoms with Crippen LogP contribution in [0.3, 0.4) is 0 Å². The monoisotopic (exact) mass is 638 g/mol. The second kappa shape index (κ2) is 12.8. The zero-order chi connectivity index (χ0) is 33.3. The summed E-state index contributed by atoms with van der Waals surface area (Å²) in [6, 6.07) is 74.0. The van der Waals surface area contributed by atoms with Crippen LogP contribution in [0, 0.1) is 0 Å². The van der Waals surface area contributed by atoms with E-state index in [4.69, 9.17) is 0 Å². The standard InChI is InChI=1S/C48H34N2/c1-4-14-35(15-5-1)37-26-30-42(31-27-37)49(43-32-28-38(29-33-43)40-19-12-18-39(34-40)36-16-6-2-7-17-36)46-24-13-25-47-48(46)44-22-10-11-23-45(44)50(47)41-20-8-3-9-21-41/h1-34H. The van der Waals surface area contributed by atoms with E-state index in [0.717, 1.165) is 22.7 Å². The molecule has 0 radical (unpaired) electrons. The third-order valence-electron chi connectivity index (χ3n) is 9.59. The van der Waals surface area contributed by atoms with Crippen LogP contribution in [0.4, 0.5) is 17.1 Å². The van der Waals surface area contributed by atoms with Crippen LogP contribution in [-0.2, 0) is 0 Å². The lowest BCUT2D eigenvalue weighted by Crippen LogP contribution is -2.10. The van der Waals surface area contributed by atoms with Crippen molar-refractivity contribution < 1.29 is 0 Å². The lowest BCUT2D eigenvalue weighted by Gasteiger charge is -2.27. The Balaban J connectivity index is 1.21. The Bertz CT molecular complexity index is 2550. The number of fused-ring (bicyclic) bond motifs is 3. The van der Waals surface area contributed by atoms with E-state index in [2.05, 4.69) is 216 Å². The molecular weight excluding hydrogens is 605 g/mol. The van der Waals surface area contributed by atoms with Gasteiger partial charge in [-0.3, -0.25) is 0 Å². The predicted molar refractivity (Wildman–Crippen MR) is 212 cm³/mol. The van der Waals surface area contributed by atoms with Crippen molar-refractivity contribution in [1.29, 1.82) is 0 Å². The normalized spacial score (nSPS) is 11.2.